The molecular weight excluding hydrogens is 310 g/mol. The second kappa shape index (κ2) is 7.53. The molecule has 2 aliphatic heterocycles. The zero-order chi connectivity index (χ0) is 17.2. The number of hydrogen-bond donors (Lipinski definition) is 0. The van der Waals surface area contributed by atoms with Crippen LogP contribution in [-0.2, 0) is 4.79 Å². The van der Waals surface area contributed by atoms with Crippen molar-refractivity contribution in [3.63, 3.8) is 0 Å². The van der Waals surface area contributed by atoms with Crippen molar-refractivity contribution in [3.05, 3.63) is 24.5 Å². The van der Waals surface area contributed by atoms with Crippen LogP contribution in [0.4, 0.5) is 0 Å². The fourth-order valence-electron chi connectivity index (χ4n) is 5.59. The van der Waals surface area contributed by atoms with Crippen molar-refractivity contribution in [2.24, 2.45) is 5.92 Å². The quantitative estimate of drug-likeness (QED) is 0.834. The van der Waals surface area contributed by atoms with Gasteiger partial charge in [-0.05, 0) is 76.6 Å². The lowest BCUT2D eigenvalue weighted by atomic mass is 9.84. The molecule has 1 aromatic rings. The third kappa shape index (κ3) is 3.38. The minimum Gasteiger partial charge on any atom is -0.351 e. The molecule has 4 nitrogen and oxygen atoms in total. The third-order valence-electron chi connectivity index (χ3n) is 6.94. The number of amides is 1. The molecule has 25 heavy (non-hydrogen) atoms. The zero-order valence-electron chi connectivity index (χ0n) is 15.6. The molecule has 2 atom stereocenters. The Hall–Kier alpha value is -1.29. The smallest absolute Gasteiger partial charge is 0.225 e. The molecule has 0 bridgehead atoms. The fraction of sp³-hybridized carbons (Fsp3) is 0.762. The van der Waals surface area contributed by atoms with E-state index >= 15 is 0 Å². The lowest BCUT2D eigenvalue weighted by Gasteiger charge is -2.37. The first-order valence-electron chi connectivity index (χ1n) is 10.4. The molecule has 3 aliphatic rings. The van der Waals surface area contributed by atoms with Crippen molar-refractivity contribution >= 4 is 5.91 Å². The first-order valence-corrected chi connectivity index (χ1v) is 10.4. The number of carbonyl (C=O) groups is 1. The Kier molecular flexibility index (Phi) is 5.16. The molecule has 0 spiro atoms. The molecule has 3 fully saturated rings. The molecule has 1 saturated carbocycles. The largest absolute Gasteiger partial charge is 0.351 e. The molecule has 1 aliphatic carbocycles. The Morgan fingerprint density at radius 3 is 2.32 bits per heavy atom. The summed E-state index contributed by atoms with van der Waals surface area (Å²) < 4.78 is 2.33. The molecule has 138 valence electrons. The van der Waals surface area contributed by atoms with Crippen LogP contribution in [0.3, 0.4) is 0 Å². The van der Waals surface area contributed by atoms with Gasteiger partial charge in [-0.2, -0.15) is 0 Å². The molecule has 0 unspecified atom stereocenters. The number of hydrogen-bond acceptors (Lipinski definition) is 2. The summed E-state index contributed by atoms with van der Waals surface area (Å²) >= 11 is 0. The van der Waals surface area contributed by atoms with Crippen molar-refractivity contribution in [2.75, 3.05) is 19.6 Å². The zero-order valence-corrected chi connectivity index (χ0v) is 15.6. The van der Waals surface area contributed by atoms with Crippen LogP contribution in [0.2, 0.25) is 0 Å². The van der Waals surface area contributed by atoms with E-state index in [2.05, 4.69) is 45.8 Å². The van der Waals surface area contributed by atoms with Gasteiger partial charge in [0.15, 0.2) is 0 Å². The van der Waals surface area contributed by atoms with E-state index in [-0.39, 0.29) is 5.92 Å². The lowest BCUT2D eigenvalue weighted by molar-refractivity contribution is -0.138. The van der Waals surface area contributed by atoms with Crippen molar-refractivity contribution < 1.29 is 4.79 Å². The van der Waals surface area contributed by atoms with Crippen LogP contribution in [0.1, 0.15) is 64.3 Å². The van der Waals surface area contributed by atoms with Crippen LogP contribution in [0.15, 0.2) is 24.5 Å². The van der Waals surface area contributed by atoms with Gasteiger partial charge in [0.2, 0.25) is 5.91 Å². The van der Waals surface area contributed by atoms with E-state index in [0.717, 1.165) is 38.8 Å². The summed E-state index contributed by atoms with van der Waals surface area (Å²) in [5.74, 6) is 0.736. The average molecular weight is 344 g/mol. The van der Waals surface area contributed by atoms with E-state index in [4.69, 9.17) is 0 Å². The van der Waals surface area contributed by atoms with Crippen LogP contribution >= 0.6 is 0 Å². The topological polar surface area (TPSA) is 28.5 Å². The maximum absolute atomic E-state index is 13.3. The van der Waals surface area contributed by atoms with Gasteiger partial charge in [0.25, 0.3) is 0 Å². The maximum Gasteiger partial charge on any atom is 0.225 e. The van der Waals surface area contributed by atoms with Crippen molar-refractivity contribution in [1.29, 1.82) is 0 Å². The van der Waals surface area contributed by atoms with Gasteiger partial charge >= 0.3 is 0 Å². The molecule has 0 aromatic carbocycles. The highest BCUT2D eigenvalue weighted by molar-refractivity contribution is 5.79. The number of aromatic nitrogens is 1. The van der Waals surface area contributed by atoms with E-state index in [1.165, 1.54) is 32.2 Å². The van der Waals surface area contributed by atoms with E-state index in [9.17, 15) is 4.79 Å². The van der Waals surface area contributed by atoms with Gasteiger partial charge in [-0.1, -0.05) is 6.92 Å². The number of likely N-dealkylation sites (N-methyl/N-ethyl adjacent to an activating group) is 1. The Balaban J connectivity index is 1.37. The number of nitrogens with zero attached hydrogens (tertiary/aromatic N) is 3. The SMILES string of the molecule is CCN1CCC[C@H]1[C@H]1CCCN1C(=O)C1CCC(n2cccc2)CC1. The summed E-state index contributed by atoms with van der Waals surface area (Å²) in [5.41, 5.74) is 0. The first-order chi connectivity index (χ1) is 12.3. The van der Waals surface area contributed by atoms with Crippen LogP contribution in [0.5, 0.6) is 0 Å². The predicted octanol–water partition coefficient (Wildman–Crippen LogP) is 3.69. The van der Waals surface area contributed by atoms with Gasteiger partial charge < -0.3 is 9.47 Å². The summed E-state index contributed by atoms with van der Waals surface area (Å²) in [4.78, 5) is 18.2. The van der Waals surface area contributed by atoms with Crippen LogP contribution in [0, 0.1) is 5.92 Å². The number of carbonyl (C=O) groups excluding carboxylic acids is 1. The third-order valence-corrected chi connectivity index (χ3v) is 6.94. The molecule has 0 N–H and O–H groups in total. The van der Waals surface area contributed by atoms with Crippen molar-refractivity contribution in [3.8, 4) is 0 Å². The number of rotatable bonds is 4. The number of likely N-dealkylation sites (tertiary alicyclic amines) is 2. The first kappa shape index (κ1) is 17.1. The Morgan fingerprint density at radius 2 is 1.60 bits per heavy atom. The molecular formula is C21H33N3O. The molecule has 1 amide bonds. The van der Waals surface area contributed by atoms with Gasteiger partial charge in [0, 0.05) is 43.0 Å². The minimum absolute atomic E-state index is 0.267. The monoisotopic (exact) mass is 343 g/mol. The molecule has 0 radical (unpaired) electrons. The highest BCUT2D eigenvalue weighted by Gasteiger charge is 2.41. The summed E-state index contributed by atoms with van der Waals surface area (Å²) in [6, 6.07) is 5.91. The van der Waals surface area contributed by atoms with Crippen LogP contribution < -0.4 is 0 Å². The standard InChI is InChI=1S/C21H33N3O/c1-2-22-15-5-7-19(22)20-8-6-16-24(20)21(25)17-9-11-18(12-10-17)23-13-3-4-14-23/h3-4,13-14,17-20H,2,5-12,15-16H2,1H3/t17?,18?,19-,20+/m0/s1. The van der Waals surface area contributed by atoms with E-state index in [1.807, 2.05) is 0 Å². The van der Waals surface area contributed by atoms with E-state index < -0.39 is 0 Å². The summed E-state index contributed by atoms with van der Waals surface area (Å²) in [6.07, 6.45) is 13.8. The average Bonchev–Trinajstić information content (AvgIpc) is 3.41. The van der Waals surface area contributed by atoms with Gasteiger partial charge in [0.1, 0.15) is 0 Å². The van der Waals surface area contributed by atoms with E-state index in [1.54, 1.807) is 0 Å². The Labute approximate surface area is 152 Å². The Bertz CT molecular complexity index is 562. The van der Waals surface area contributed by atoms with Gasteiger partial charge in [-0.3, -0.25) is 9.69 Å². The van der Waals surface area contributed by atoms with Gasteiger partial charge in [0.05, 0.1) is 0 Å². The minimum atomic E-state index is 0.267. The molecule has 2 saturated heterocycles. The van der Waals surface area contributed by atoms with Crippen LogP contribution in [0.25, 0.3) is 0 Å². The second-order valence-electron chi connectivity index (χ2n) is 8.22. The van der Waals surface area contributed by atoms with Gasteiger partial charge in [-0.25, -0.2) is 0 Å². The maximum atomic E-state index is 13.3. The summed E-state index contributed by atoms with van der Waals surface area (Å²) in [5, 5.41) is 0. The molecule has 4 heteroatoms. The van der Waals surface area contributed by atoms with Crippen molar-refractivity contribution in [1.82, 2.24) is 14.4 Å². The lowest BCUT2D eigenvalue weighted by Crippen LogP contribution is -2.50. The molecule has 1 aromatic heterocycles. The highest BCUT2D eigenvalue weighted by Crippen LogP contribution is 2.36. The van der Waals surface area contributed by atoms with E-state index in [0.29, 0.717) is 24.0 Å². The highest BCUT2D eigenvalue weighted by atomic mass is 16.2. The summed E-state index contributed by atoms with van der Waals surface area (Å²) in [6.45, 7) is 5.61. The predicted molar refractivity (Wildman–Crippen MR) is 100 cm³/mol. The van der Waals surface area contributed by atoms with Crippen molar-refractivity contribution in [2.45, 2.75) is 76.4 Å². The second-order valence-corrected chi connectivity index (χ2v) is 8.22. The normalized spacial score (nSPS) is 33.9. The summed E-state index contributed by atoms with van der Waals surface area (Å²) in [7, 11) is 0. The van der Waals surface area contributed by atoms with Gasteiger partial charge in [-0.15, -0.1) is 0 Å². The fourth-order valence-corrected chi connectivity index (χ4v) is 5.59. The molecule has 3 heterocycles. The Morgan fingerprint density at radius 1 is 0.920 bits per heavy atom. The molecule has 4 rings (SSSR count). The van der Waals surface area contributed by atoms with Crippen LogP contribution in [-0.4, -0.2) is 52.0 Å².